The molecule has 4 rings (SSSR count). The van der Waals surface area contributed by atoms with Gasteiger partial charge in [0.25, 0.3) is 0 Å². The lowest BCUT2D eigenvalue weighted by molar-refractivity contribution is -0.115. The Balaban J connectivity index is 1.49. The fraction of sp³-hybridized carbons (Fsp3) is 0.0526. The molecule has 2 aromatic carbocycles. The lowest BCUT2D eigenvalue weighted by Gasteiger charge is -2.02. The molecular weight excluding hydrogens is 337 g/mol. The predicted molar refractivity (Wildman–Crippen MR) is 98.1 cm³/mol. The molecule has 0 aliphatic heterocycles. The largest absolute Gasteiger partial charge is 0.360 e. The van der Waals surface area contributed by atoms with Gasteiger partial charge in [0.2, 0.25) is 5.91 Å². The maximum atomic E-state index is 12.9. The van der Waals surface area contributed by atoms with Crippen LogP contribution in [0.2, 0.25) is 0 Å². The van der Waals surface area contributed by atoms with E-state index in [1.807, 2.05) is 35.8 Å². The summed E-state index contributed by atoms with van der Waals surface area (Å²) in [6.07, 6.45) is 2.10. The zero-order chi connectivity index (χ0) is 17.2. The molecule has 0 radical (unpaired) electrons. The first-order chi connectivity index (χ1) is 12.2. The molecule has 2 heterocycles. The van der Waals surface area contributed by atoms with Crippen LogP contribution >= 0.6 is 11.3 Å². The molecule has 0 spiro atoms. The van der Waals surface area contributed by atoms with Crippen LogP contribution in [0.1, 0.15) is 5.56 Å². The summed E-state index contributed by atoms with van der Waals surface area (Å²) in [5, 5.41) is 6.36. The summed E-state index contributed by atoms with van der Waals surface area (Å²) in [5.41, 5.74) is 3.63. The Morgan fingerprint density at radius 1 is 1.16 bits per heavy atom. The summed E-state index contributed by atoms with van der Waals surface area (Å²) >= 11 is 1.38. The van der Waals surface area contributed by atoms with Gasteiger partial charge < -0.3 is 10.3 Å². The van der Waals surface area contributed by atoms with Crippen molar-refractivity contribution in [3.8, 4) is 11.3 Å². The molecular formula is C19H14FN3OS. The quantitative estimate of drug-likeness (QED) is 0.564. The van der Waals surface area contributed by atoms with E-state index >= 15 is 0 Å². The van der Waals surface area contributed by atoms with E-state index in [0.29, 0.717) is 5.13 Å². The van der Waals surface area contributed by atoms with Crippen molar-refractivity contribution in [2.75, 3.05) is 5.32 Å². The van der Waals surface area contributed by atoms with Crippen LogP contribution in [0.5, 0.6) is 0 Å². The Labute approximate surface area is 147 Å². The number of rotatable bonds is 4. The van der Waals surface area contributed by atoms with E-state index in [0.717, 1.165) is 27.7 Å². The number of aromatic nitrogens is 2. The molecule has 0 aliphatic rings. The van der Waals surface area contributed by atoms with Gasteiger partial charge in [0, 0.05) is 28.0 Å². The number of carbonyl (C=O) groups excluding carboxylic acids is 1. The van der Waals surface area contributed by atoms with Gasteiger partial charge in [0.1, 0.15) is 5.82 Å². The van der Waals surface area contributed by atoms with E-state index in [-0.39, 0.29) is 18.1 Å². The molecule has 0 unspecified atom stereocenters. The zero-order valence-electron chi connectivity index (χ0n) is 13.1. The first-order valence-electron chi connectivity index (χ1n) is 7.75. The third-order valence-corrected chi connectivity index (χ3v) is 4.65. The topological polar surface area (TPSA) is 57.8 Å². The number of hydrogen-bond donors (Lipinski definition) is 2. The number of anilines is 1. The number of carbonyl (C=O) groups is 1. The van der Waals surface area contributed by atoms with Gasteiger partial charge >= 0.3 is 0 Å². The molecule has 0 saturated heterocycles. The highest BCUT2D eigenvalue weighted by atomic mass is 32.1. The summed E-state index contributed by atoms with van der Waals surface area (Å²) in [4.78, 5) is 19.9. The average molecular weight is 351 g/mol. The van der Waals surface area contributed by atoms with Gasteiger partial charge in [-0.15, -0.1) is 11.3 Å². The number of nitrogens with one attached hydrogen (secondary N) is 2. The Hall–Kier alpha value is -2.99. The third kappa shape index (κ3) is 3.29. The summed E-state index contributed by atoms with van der Waals surface area (Å²) in [5.74, 6) is -0.487. The number of benzene rings is 2. The van der Waals surface area contributed by atoms with Gasteiger partial charge in [-0.25, -0.2) is 9.37 Å². The number of thiazole rings is 1. The van der Waals surface area contributed by atoms with Crippen LogP contribution in [0.25, 0.3) is 22.2 Å². The first-order valence-corrected chi connectivity index (χ1v) is 8.63. The molecule has 4 nitrogen and oxygen atoms in total. The minimum Gasteiger partial charge on any atom is -0.360 e. The van der Waals surface area contributed by atoms with Gasteiger partial charge in [-0.05, 0) is 23.8 Å². The summed E-state index contributed by atoms with van der Waals surface area (Å²) in [6.45, 7) is 0. The van der Waals surface area contributed by atoms with Crippen molar-refractivity contribution in [3.63, 3.8) is 0 Å². The molecule has 2 N–H and O–H groups in total. The Kier molecular flexibility index (Phi) is 4.03. The number of aromatic amines is 1. The van der Waals surface area contributed by atoms with Gasteiger partial charge in [0.15, 0.2) is 5.13 Å². The molecule has 0 saturated carbocycles. The maximum absolute atomic E-state index is 12.9. The van der Waals surface area contributed by atoms with Gasteiger partial charge in [-0.2, -0.15) is 0 Å². The normalized spacial score (nSPS) is 10.9. The molecule has 0 bridgehead atoms. The second-order valence-corrected chi connectivity index (χ2v) is 6.50. The average Bonchev–Trinajstić information content (AvgIpc) is 3.23. The molecule has 4 aromatic rings. The number of amides is 1. The fourth-order valence-electron chi connectivity index (χ4n) is 2.69. The molecule has 6 heteroatoms. The number of para-hydroxylation sites is 1. The number of hydrogen-bond acceptors (Lipinski definition) is 3. The van der Waals surface area contributed by atoms with Crippen molar-refractivity contribution in [2.45, 2.75) is 6.42 Å². The van der Waals surface area contributed by atoms with Crippen molar-refractivity contribution in [1.29, 1.82) is 0 Å². The minimum atomic E-state index is -0.313. The second-order valence-electron chi connectivity index (χ2n) is 5.64. The van der Waals surface area contributed by atoms with Crippen LogP contribution in [-0.2, 0) is 11.2 Å². The Morgan fingerprint density at radius 3 is 2.80 bits per heavy atom. The van der Waals surface area contributed by atoms with E-state index in [2.05, 4.69) is 15.3 Å². The maximum Gasteiger partial charge on any atom is 0.230 e. The molecule has 0 aliphatic carbocycles. The van der Waals surface area contributed by atoms with E-state index in [9.17, 15) is 9.18 Å². The monoisotopic (exact) mass is 351 g/mol. The number of halogens is 1. The van der Waals surface area contributed by atoms with Crippen molar-refractivity contribution in [1.82, 2.24) is 9.97 Å². The number of nitrogens with zero attached hydrogens (tertiary/aromatic N) is 1. The van der Waals surface area contributed by atoms with E-state index in [4.69, 9.17) is 0 Å². The standard InChI is InChI=1S/C19H14FN3OS/c20-13-7-5-12(6-8-13)9-18(24)23-19-22-17(11-25-19)15-10-21-16-4-2-1-3-14(15)16/h1-8,10-11,21H,9H2,(H,22,23,24). The van der Waals surface area contributed by atoms with Crippen LogP contribution in [0, 0.1) is 5.82 Å². The third-order valence-electron chi connectivity index (χ3n) is 3.89. The Bertz CT molecular complexity index is 1040. The van der Waals surface area contributed by atoms with Gasteiger partial charge in [0.05, 0.1) is 12.1 Å². The highest BCUT2D eigenvalue weighted by Gasteiger charge is 2.11. The first kappa shape index (κ1) is 15.5. The molecule has 2 aromatic heterocycles. The lowest BCUT2D eigenvalue weighted by atomic mass is 10.1. The van der Waals surface area contributed by atoms with E-state index < -0.39 is 0 Å². The molecule has 0 fully saturated rings. The van der Waals surface area contributed by atoms with E-state index in [1.54, 1.807) is 12.1 Å². The number of fused-ring (bicyclic) bond motifs is 1. The van der Waals surface area contributed by atoms with Crippen LogP contribution in [0.3, 0.4) is 0 Å². The van der Waals surface area contributed by atoms with E-state index in [1.165, 1.54) is 23.5 Å². The Morgan fingerprint density at radius 2 is 1.96 bits per heavy atom. The highest BCUT2D eigenvalue weighted by molar-refractivity contribution is 7.14. The van der Waals surface area contributed by atoms with Gasteiger partial charge in [-0.1, -0.05) is 30.3 Å². The molecule has 25 heavy (non-hydrogen) atoms. The second kappa shape index (κ2) is 6.49. The zero-order valence-corrected chi connectivity index (χ0v) is 13.9. The van der Waals surface area contributed by atoms with Gasteiger partial charge in [-0.3, -0.25) is 4.79 Å². The fourth-order valence-corrected chi connectivity index (χ4v) is 3.42. The predicted octanol–water partition coefficient (Wildman–Crippen LogP) is 4.61. The summed E-state index contributed by atoms with van der Waals surface area (Å²) in [7, 11) is 0. The van der Waals surface area contributed by atoms with Crippen LogP contribution < -0.4 is 5.32 Å². The highest BCUT2D eigenvalue weighted by Crippen LogP contribution is 2.30. The molecule has 0 atom stereocenters. The summed E-state index contributed by atoms with van der Waals surface area (Å²) in [6, 6.07) is 13.9. The lowest BCUT2D eigenvalue weighted by Crippen LogP contribution is -2.14. The smallest absolute Gasteiger partial charge is 0.230 e. The van der Waals surface area contributed by atoms with Crippen molar-refractivity contribution >= 4 is 33.3 Å². The van der Waals surface area contributed by atoms with Crippen molar-refractivity contribution in [3.05, 3.63) is 71.5 Å². The number of H-pyrrole nitrogens is 1. The minimum absolute atomic E-state index is 0.175. The molecule has 124 valence electrons. The van der Waals surface area contributed by atoms with Crippen LogP contribution in [0.4, 0.5) is 9.52 Å². The molecule has 1 amide bonds. The summed E-state index contributed by atoms with van der Waals surface area (Å²) < 4.78 is 12.9. The van der Waals surface area contributed by atoms with Crippen molar-refractivity contribution in [2.24, 2.45) is 0 Å². The van der Waals surface area contributed by atoms with Crippen LogP contribution in [-0.4, -0.2) is 15.9 Å². The van der Waals surface area contributed by atoms with Crippen molar-refractivity contribution < 1.29 is 9.18 Å². The SMILES string of the molecule is O=C(Cc1ccc(F)cc1)Nc1nc(-c2c[nH]c3ccccc23)cs1. The van der Waals surface area contributed by atoms with Crippen LogP contribution in [0.15, 0.2) is 60.1 Å².